The van der Waals surface area contributed by atoms with E-state index < -0.39 is 0 Å². The molecule has 3 heteroatoms. The Kier molecular flexibility index (Phi) is 4.01. The minimum atomic E-state index is -0.208. The summed E-state index contributed by atoms with van der Waals surface area (Å²) in [4.78, 5) is 13.4. The number of benzene rings is 1. The number of rotatable bonds is 3. The number of amides is 1. The van der Waals surface area contributed by atoms with E-state index in [-0.39, 0.29) is 11.2 Å². The predicted molar refractivity (Wildman–Crippen MR) is 62.9 cm³/mol. The molecule has 0 aliphatic heterocycles. The van der Waals surface area contributed by atoms with Crippen molar-refractivity contribution in [1.82, 2.24) is 0 Å². The minimum absolute atomic E-state index is 0.0435. The SMILES string of the molecule is CCC(S)C(=O)N(C)c1ccccc1. The third-order valence-corrected chi connectivity index (χ3v) is 2.73. The largest absolute Gasteiger partial charge is 0.315 e. The Bertz CT molecular complexity index is 299. The first-order valence-corrected chi connectivity index (χ1v) is 5.19. The van der Waals surface area contributed by atoms with Crippen molar-refractivity contribution in [2.75, 3.05) is 11.9 Å². The number of para-hydroxylation sites is 1. The minimum Gasteiger partial charge on any atom is -0.315 e. The van der Waals surface area contributed by atoms with Crippen LogP contribution in [0.15, 0.2) is 30.3 Å². The van der Waals surface area contributed by atoms with Crippen molar-refractivity contribution < 1.29 is 4.79 Å². The summed E-state index contributed by atoms with van der Waals surface area (Å²) in [5.74, 6) is 0.0435. The molecule has 0 saturated heterocycles. The molecule has 1 amide bonds. The number of thiol groups is 1. The van der Waals surface area contributed by atoms with Crippen molar-refractivity contribution in [3.63, 3.8) is 0 Å². The van der Waals surface area contributed by atoms with E-state index in [1.807, 2.05) is 37.3 Å². The monoisotopic (exact) mass is 209 g/mol. The second-order valence-electron chi connectivity index (χ2n) is 3.16. The molecule has 0 bridgehead atoms. The molecule has 0 aliphatic carbocycles. The first kappa shape index (κ1) is 11.1. The Hall–Kier alpha value is -0.960. The Morgan fingerprint density at radius 3 is 2.50 bits per heavy atom. The van der Waals surface area contributed by atoms with Crippen LogP contribution in [0.5, 0.6) is 0 Å². The van der Waals surface area contributed by atoms with Gasteiger partial charge in [0.05, 0.1) is 5.25 Å². The van der Waals surface area contributed by atoms with Gasteiger partial charge in [0.2, 0.25) is 5.91 Å². The average Bonchev–Trinajstić information content (AvgIpc) is 2.27. The maximum absolute atomic E-state index is 11.7. The molecule has 0 saturated carbocycles. The molecule has 0 aliphatic rings. The summed E-state index contributed by atoms with van der Waals surface area (Å²) in [6.07, 6.45) is 0.749. The molecule has 0 spiro atoms. The summed E-state index contributed by atoms with van der Waals surface area (Å²) >= 11 is 4.22. The molecule has 0 heterocycles. The fraction of sp³-hybridized carbons (Fsp3) is 0.364. The lowest BCUT2D eigenvalue weighted by molar-refractivity contribution is -0.117. The summed E-state index contributed by atoms with van der Waals surface area (Å²) in [7, 11) is 1.77. The van der Waals surface area contributed by atoms with Crippen LogP contribution in [-0.2, 0) is 4.79 Å². The molecule has 14 heavy (non-hydrogen) atoms. The maximum Gasteiger partial charge on any atom is 0.239 e. The van der Waals surface area contributed by atoms with Gasteiger partial charge in [-0.2, -0.15) is 12.6 Å². The van der Waals surface area contributed by atoms with E-state index in [1.54, 1.807) is 11.9 Å². The van der Waals surface area contributed by atoms with E-state index in [4.69, 9.17) is 0 Å². The highest BCUT2D eigenvalue weighted by Crippen LogP contribution is 2.14. The first-order chi connectivity index (χ1) is 6.66. The third-order valence-electron chi connectivity index (χ3n) is 2.15. The predicted octanol–water partition coefficient (Wildman–Crippen LogP) is 2.36. The molecule has 0 fully saturated rings. The van der Waals surface area contributed by atoms with Crippen molar-refractivity contribution in [2.45, 2.75) is 18.6 Å². The molecular formula is C11H15NOS. The Balaban J connectivity index is 2.76. The number of hydrogen-bond donors (Lipinski definition) is 1. The van der Waals surface area contributed by atoms with Gasteiger partial charge in [0.1, 0.15) is 0 Å². The van der Waals surface area contributed by atoms with Gasteiger partial charge in [-0.05, 0) is 18.6 Å². The summed E-state index contributed by atoms with van der Waals surface area (Å²) in [6, 6.07) is 9.58. The van der Waals surface area contributed by atoms with E-state index in [0.717, 1.165) is 12.1 Å². The number of anilines is 1. The maximum atomic E-state index is 11.7. The Labute approximate surface area is 90.3 Å². The molecule has 1 rings (SSSR count). The smallest absolute Gasteiger partial charge is 0.239 e. The van der Waals surface area contributed by atoms with Crippen LogP contribution in [0.3, 0.4) is 0 Å². The highest BCUT2D eigenvalue weighted by atomic mass is 32.1. The van der Waals surface area contributed by atoms with Crippen molar-refractivity contribution >= 4 is 24.2 Å². The van der Waals surface area contributed by atoms with Crippen LogP contribution in [-0.4, -0.2) is 18.2 Å². The van der Waals surface area contributed by atoms with Gasteiger partial charge >= 0.3 is 0 Å². The lowest BCUT2D eigenvalue weighted by atomic mass is 10.2. The van der Waals surface area contributed by atoms with E-state index in [9.17, 15) is 4.79 Å². The van der Waals surface area contributed by atoms with Gasteiger partial charge in [0.25, 0.3) is 0 Å². The van der Waals surface area contributed by atoms with Gasteiger partial charge in [-0.25, -0.2) is 0 Å². The molecule has 1 aromatic rings. The van der Waals surface area contributed by atoms with Crippen LogP contribution in [0.1, 0.15) is 13.3 Å². The standard InChI is InChI=1S/C11H15NOS/c1-3-10(14)11(13)12(2)9-7-5-4-6-8-9/h4-8,10,14H,3H2,1-2H3. The number of carbonyl (C=O) groups is 1. The van der Waals surface area contributed by atoms with Crippen molar-refractivity contribution in [2.24, 2.45) is 0 Å². The molecule has 0 N–H and O–H groups in total. The molecular weight excluding hydrogens is 194 g/mol. The van der Waals surface area contributed by atoms with Crippen LogP contribution < -0.4 is 4.90 Å². The molecule has 1 unspecified atom stereocenters. The molecule has 0 radical (unpaired) electrons. The summed E-state index contributed by atoms with van der Waals surface area (Å²) in [6.45, 7) is 1.95. The molecule has 0 aromatic heterocycles. The van der Waals surface area contributed by atoms with Crippen molar-refractivity contribution in [3.8, 4) is 0 Å². The fourth-order valence-corrected chi connectivity index (χ4v) is 1.35. The fourth-order valence-electron chi connectivity index (χ4n) is 1.18. The van der Waals surface area contributed by atoms with Gasteiger partial charge in [-0.3, -0.25) is 4.79 Å². The second kappa shape index (κ2) is 5.05. The van der Waals surface area contributed by atoms with E-state index in [0.29, 0.717) is 0 Å². The number of carbonyl (C=O) groups excluding carboxylic acids is 1. The zero-order chi connectivity index (χ0) is 10.6. The van der Waals surface area contributed by atoms with Gasteiger partial charge in [0.15, 0.2) is 0 Å². The molecule has 2 nitrogen and oxygen atoms in total. The average molecular weight is 209 g/mol. The topological polar surface area (TPSA) is 20.3 Å². The van der Waals surface area contributed by atoms with Crippen LogP contribution >= 0.6 is 12.6 Å². The first-order valence-electron chi connectivity index (χ1n) is 4.67. The summed E-state index contributed by atoms with van der Waals surface area (Å²) < 4.78 is 0. The lowest BCUT2D eigenvalue weighted by Gasteiger charge is -2.20. The molecule has 76 valence electrons. The lowest BCUT2D eigenvalue weighted by Crippen LogP contribution is -2.33. The zero-order valence-electron chi connectivity index (χ0n) is 8.47. The number of hydrogen-bond acceptors (Lipinski definition) is 2. The van der Waals surface area contributed by atoms with Gasteiger partial charge in [-0.1, -0.05) is 25.1 Å². The Morgan fingerprint density at radius 2 is 2.00 bits per heavy atom. The normalized spacial score (nSPS) is 12.2. The van der Waals surface area contributed by atoms with Crippen LogP contribution in [0, 0.1) is 0 Å². The van der Waals surface area contributed by atoms with Crippen LogP contribution in [0.2, 0.25) is 0 Å². The van der Waals surface area contributed by atoms with Gasteiger partial charge < -0.3 is 4.90 Å². The quantitative estimate of drug-likeness (QED) is 0.758. The van der Waals surface area contributed by atoms with E-state index >= 15 is 0 Å². The van der Waals surface area contributed by atoms with Crippen molar-refractivity contribution in [3.05, 3.63) is 30.3 Å². The Morgan fingerprint density at radius 1 is 1.43 bits per heavy atom. The van der Waals surface area contributed by atoms with E-state index in [1.165, 1.54) is 0 Å². The third kappa shape index (κ3) is 2.51. The summed E-state index contributed by atoms with van der Waals surface area (Å²) in [5, 5.41) is -0.208. The summed E-state index contributed by atoms with van der Waals surface area (Å²) in [5.41, 5.74) is 0.907. The van der Waals surface area contributed by atoms with Gasteiger partial charge in [-0.15, -0.1) is 0 Å². The van der Waals surface area contributed by atoms with Crippen molar-refractivity contribution in [1.29, 1.82) is 0 Å². The highest BCUT2D eigenvalue weighted by molar-refractivity contribution is 7.81. The van der Waals surface area contributed by atoms with Crippen LogP contribution in [0.4, 0.5) is 5.69 Å². The van der Waals surface area contributed by atoms with E-state index in [2.05, 4.69) is 12.6 Å². The highest BCUT2D eigenvalue weighted by Gasteiger charge is 2.17. The van der Waals surface area contributed by atoms with Crippen LogP contribution in [0.25, 0.3) is 0 Å². The zero-order valence-corrected chi connectivity index (χ0v) is 9.37. The molecule has 1 aromatic carbocycles. The second-order valence-corrected chi connectivity index (χ2v) is 3.78. The van der Waals surface area contributed by atoms with Gasteiger partial charge in [0, 0.05) is 12.7 Å². The molecule has 1 atom stereocenters. The number of nitrogens with zero attached hydrogens (tertiary/aromatic N) is 1.